The highest BCUT2D eigenvalue weighted by atomic mass is 16.4. The van der Waals surface area contributed by atoms with E-state index in [1.165, 1.54) is 0 Å². The number of hydrogen-bond acceptors (Lipinski definition) is 3. The SMILES string of the molecule is NC1CCn2cc(-c3ccc(C(=O)O)cc3)nc2C1. The van der Waals surface area contributed by atoms with Crippen LogP contribution in [0.1, 0.15) is 22.6 Å². The van der Waals surface area contributed by atoms with Gasteiger partial charge in [-0.2, -0.15) is 0 Å². The number of carbonyl (C=O) groups is 1. The summed E-state index contributed by atoms with van der Waals surface area (Å²) in [4.78, 5) is 15.4. The van der Waals surface area contributed by atoms with Crippen molar-refractivity contribution in [2.24, 2.45) is 5.73 Å². The molecular weight excluding hydrogens is 242 g/mol. The van der Waals surface area contributed by atoms with Crippen LogP contribution in [0.5, 0.6) is 0 Å². The Morgan fingerprint density at radius 1 is 1.37 bits per heavy atom. The molecule has 0 amide bonds. The van der Waals surface area contributed by atoms with Crippen LogP contribution in [0.2, 0.25) is 0 Å². The fourth-order valence-corrected chi connectivity index (χ4v) is 2.37. The van der Waals surface area contributed by atoms with E-state index >= 15 is 0 Å². The quantitative estimate of drug-likeness (QED) is 0.854. The molecule has 0 aliphatic carbocycles. The van der Waals surface area contributed by atoms with E-state index in [0.29, 0.717) is 0 Å². The highest BCUT2D eigenvalue weighted by Gasteiger charge is 2.18. The van der Waals surface area contributed by atoms with Crippen LogP contribution in [0.4, 0.5) is 0 Å². The molecule has 1 aliphatic rings. The molecular formula is C14H15N3O2. The zero-order valence-corrected chi connectivity index (χ0v) is 10.4. The van der Waals surface area contributed by atoms with Gasteiger partial charge >= 0.3 is 5.97 Å². The zero-order valence-electron chi connectivity index (χ0n) is 10.4. The Kier molecular flexibility index (Phi) is 2.83. The number of aromatic carboxylic acids is 1. The molecule has 0 saturated carbocycles. The third-order valence-electron chi connectivity index (χ3n) is 3.47. The maximum absolute atomic E-state index is 10.8. The molecule has 19 heavy (non-hydrogen) atoms. The molecule has 98 valence electrons. The Bertz CT molecular complexity index is 616. The van der Waals surface area contributed by atoms with E-state index in [1.807, 2.05) is 6.20 Å². The Labute approximate surface area is 110 Å². The summed E-state index contributed by atoms with van der Waals surface area (Å²) < 4.78 is 2.13. The van der Waals surface area contributed by atoms with Crippen molar-refractivity contribution < 1.29 is 9.90 Å². The summed E-state index contributed by atoms with van der Waals surface area (Å²) in [6.45, 7) is 0.900. The summed E-state index contributed by atoms with van der Waals surface area (Å²) in [5.41, 5.74) is 8.03. The van der Waals surface area contributed by atoms with Gasteiger partial charge in [0.05, 0.1) is 11.3 Å². The lowest BCUT2D eigenvalue weighted by Crippen LogP contribution is -2.30. The Balaban J connectivity index is 1.92. The van der Waals surface area contributed by atoms with E-state index in [2.05, 4.69) is 9.55 Å². The molecule has 2 aromatic rings. The van der Waals surface area contributed by atoms with Crippen molar-refractivity contribution in [1.82, 2.24) is 9.55 Å². The van der Waals surface area contributed by atoms with Crippen molar-refractivity contribution in [2.45, 2.75) is 25.4 Å². The number of imidazole rings is 1. The van der Waals surface area contributed by atoms with Crippen LogP contribution in [0.15, 0.2) is 30.5 Å². The van der Waals surface area contributed by atoms with E-state index in [1.54, 1.807) is 24.3 Å². The lowest BCUT2D eigenvalue weighted by Gasteiger charge is -2.18. The average Bonchev–Trinajstić information content (AvgIpc) is 2.81. The van der Waals surface area contributed by atoms with Crippen molar-refractivity contribution >= 4 is 5.97 Å². The summed E-state index contributed by atoms with van der Waals surface area (Å²) in [7, 11) is 0. The minimum absolute atomic E-state index is 0.192. The van der Waals surface area contributed by atoms with Gasteiger partial charge in [0.25, 0.3) is 0 Å². The van der Waals surface area contributed by atoms with Gasteiger partial charge in [-0.1, -0.05) is 12.1 Å². The second-order valence-corrected chi connectivity index (χ2v) is 4.87. The summed E-state index contributed by atoms with van der Waals surface area (Å²) in [5, 5.41) is 8.87. The van der Waals surface area contributed by atoms with Crippen molar-refractivity contribution in [3.8, 4) is 11.3 Å². The second-order valence-electron chi connectivity index (χ2n) is 4.87. The van der Waals surface area contributed by atoms with Gasteiger partial charge in [0, 0.05) is 30.8 Å². The summed E-state index contributed by atoms with van der Waals surface area (Å²) in [6, 6.07) is 6.97. The van der Waals surface area contributed by atoms with Crippen molar-refractivity contribution in [2.75, 3.05) is 0 Å². The highest BCUT2D eigenvalue weighted by Crippen LogP contribution is 2.22. The van der Waals surface area contributed by atoms with Gasteiger partial charge in [0.1, 0.15) is 5.82 Å². The number of nitrogens with two attached hydrogens (primary N) is 1. The van der Waals surface area contributed by atoms with Crippen molar-refractivity contribution in [3.05, 3.63) is 41.9 Å². The fourth-order valence-electron chi connectivity index (χ4n) is 2.37. The summed E-state index contributed by atoms with van der Waals surface area (Å²) in [6.07, 6.45) is 3.78. The molecule has 1 unspecified atom stereocenters. The van der Waals surface area contributed by atoms with Gasteiger partial charge in [0.2, 0.25) is 0 Å². The molecule has 3 N–H and O–H groups in total. The smallest absolute Gasteiger partial charge is 0.335 e. The van der Waals surface area contributed by atoms with Crippen LogP contribution >= 0.6 is 0 Å². The van der Waals surface area contributed by atoms with Crippen LogP contribution in [-0.2, 0) is 13.0 Å². The van der Waals surface area contributed by atoms with Crippen molar-refractivity contribution in [3.63, 3.8) is 0 Å². The van der Waals surface area contributed by atoms with E-state index in [4.69, 9.17) is 10.8 Å². The molecule has 1 aliphatic heterocycles. The van der Waals surface area contributed by atoms with Gasteiger partial charge in [0.15, 0.2) is 0 Å². The average molecular weight is 257 g/mol. The van der Waals surface area contributed by atoms with Crippen LogP contribution in [0.3, 0.4) is 0 Å². The predicted octanol–water partition coefficient (Wildman–Crippen LogP) is 1.52. The zero-order chi connectivity index (χ0) is 13.4. The largest absolute Gasteiger partial charge is 0.478 e. The monoisotopic (exact) mass is 257 g/mol. The third kappa shape index (κ3) is 2.24. The van der Waals surface area contributed by atoms with E-state index in [-0.39, 0.29) is 11.6 Å². The molecule has 0 spiro atoms. The molecule has 0 fully saturated rings. The maximum Gasteiger partial charge on any atom is 0.335 e. The maximum atomic E-state index is 10.8. The molecule has 3 rings (SSSR count). The van der Waals surface area contributed by atoms with E-state index < -0.39 is 5.97 Å². The first-order chi connectivity index (χ1) is 9.13. The molecule has 0 bridgehead atoms. The number of rotatable bonds is 2. The number of carboxylic acids is 1. The molecule has 0 saturated heterocycles. The number of fused-ring (bicyclic) bond motifs is 1. The third-order valence-corrected chi connectivity index (χ3v) is 3.47. The van der Waals surface area contributed by atoms with Gasteiger partial charge in [-0.05, 0) is 18.6 Å². The normalized spacial score (nSPS) is 18.1. The molecule has 5 nitrogen and oxygen atoms in total. The fraction of sp³-hybridized carbons (Fsp3) is 0.286. The Morgan fingerprint density at radius 3 is 2.79 bits per heavy atom. The number of aryl methyl sites for hydroxylation is 1. The van der Waals surface area contributed by atoms with Crippen molar-refractivity contribution in [1.29, 1.82) is 0 Å². The van der Waals surface area contributed by atoms with Gasteiger partial charge in [-0.25, -0.2) is 9.78 Å². The molecule has 1 atom stereocenters. The minimum atomic E-state index is -0.915. The summed E-state index contributed by atoms with van der Waals surface area (Å²) in [5.74, 6) is 0.0951. The lowest BCUT2D eigenvalue weighted by atomic mass is 10.1. The lowest BCUT2D eigenvalue weighted by molar-refractivity contribution is 0.0697. The number of hydrogen-bond donors (Lipinski definition) is 2. The highest BCUT2D eigenvalue weighted by molar-refractivity contribution is 5.88. The molecule has 2 heterocycles. The number of benzene rings is 1. The Hall–Kier alpha value is -2.14. The predicted molar refractivity (Wildman–Crippen MR) is 70.9 cm³/mol. The minimum Gasteiger partial charge on any atom is -0.478 e. The molecule has 0 radical (unpaired) electrons. The first kappa shape index (κ1) is 11.9. The van der Waals surface area contributed by atoms with E-state index in [9.17, 15) is 4.79 Å². The molecule has 1 aromatic carbocycles. The first-order valence-electron chi connectivity index (χ1n) is 6.29. The molecule has 5 heteroatoms. The van der Waals surface area contributed by atoms with Crippen LogP contribution in [-0.4, -0.2) is 26.7 Å². The number of carboxylic acid groups (broad SMARTS) is 1. The number of nitrogens with zero attached hydrogens (tertiary/aromatic N) is 2. The first-order valence-corrected chi connectivity index (χ1v) is 6.29. The topological polar surface area (TPSA) is 81.1 Å². The second kappa shape index (κ2) is 4.51. The summed E-state index contributed by atoms with van der Waals surface area (Å²) >= 11 is 0. The molecule has 1 aromatic heterocycles. The van der Waals surface area contributed by atoms with Gasteiger partial charge in [-0.3, -0.25) is 0 Å². The van der Waals surface area contributed by atoms with E-state index in [0.717, 1.165) is 36.5 Å². The van der Waals surface area contributed by atoms with Crippen LogP contribution in [0.25, 0.3) is 11.3 Å². The standard InChI is InChI=1S/C14H15N3O2/c15-11-5-6-17-8-12(16-13(17)7-11)9-1-3-10(4-2-9)14(18)19/h1-4,8,11H,5-7,15H2,(H,18,19). The van der Waals surface area contributed by atoms with Gasteiger partial charge < -0.3 is 15.4 Å². The Morgan fingerprint density at radius 2 is 2.11 bits per heavy atom. The van der Waals surface area contributed by atoms with Crippen LogP contribution in [0, 0.1) is 0 Å². The van der Waals surface area contributed by atoms with Gasteiger partial charge in [-0.15, -0.1) is 0 Å². The van der Waals surface area contributed by atoms with Crippen LogP contribution < -0.4 is 5.73 Å². The number of aromatic nitrogens is 2.